The Hall–Kier alpha value is -1.64. The van der Waals surface area contributed by atoms with Gasteiger partial charge in [-0.25, -0.2) is 4.98 Å². The summed E-state index contributed by atoms with van der Waals surface area (Å²) in [5, 5.41) is 22.6. The molecule has 106 valence electrons. The van der Waals surface area contributed by atoms with E-state index in [2.05, 4.69) is 16.4 Å². The second-order valence-corrected chi connectivity index (χ2v) is 5.79. The Bertz CT molecular complexity index is 547. The first-order chi connectivity index (χ1) is 9.64. The van der Waals surface area contributed by atoms with E-state index < -0.39 is 0 Å². The highest BCUT2D eigenvalue weighted by Gasteiger charge is 2.54. The van der Waals surface area contributed by atoms with Crippen LogP contribution in [0.1, 0.15) is 30.7 Å². The van der Waals surface area contributed by atoms with Crippen molar-refractivity contribution in [1.29, 1.82) is 5.26 Å². The van der Waals surface area contributed by atoms with Gasteiger partial charge in [-0.3, -0.25) is 0 Å². The van der Waals surface area contributed by atoms with Gasteiger partial charge in [-0.1, -0.05) is 0 Å². The van der Waals surface area contributed by atoms with Crippen LogP contribution in [-0.4, -0.2) is 35.5 Å². The van der Waals surface area contributed by atoms with Gasteiger partial charge in [0.15, 0.2) is 0 Å². The number of hydrogen-bond donors (Lipinski definition) is 2. The summed E-state index contributed by atoms with van der Waals surface area (Å²) in [5.74, 6) is 0. The van der Waals surface area contributed by atoms with Gasteiger partial charge in [0, 0.05) is 36.1 Å². The number of pyridine rings is 1. The molecule has 2 aliphatic rings. The van der Waals surface area contributed by atoms with Gasteiger partial charge < -0.3 is 15.2 Å². The summed E-state index contributed by atoms with van der Waals surface area (Å²) in [6.07, 6.45) is 2.29. The topological polar surface area (TPSA) is 78.2 Å². The summed E-state index contributed by atoms with van der Waals surface area (Å²) in [7, 11) is 0. The smallest absolute Gasteiger partial charge is 0.142 e. The van der Waals surface area contributed by atoms with Gasteiger partial charge >= 0.3 is 0 Å². The number of aliphatic hydroxyl groups excluding tert-OH is 1. The van der Waals surface area contributed by atoms with Crippen molar-refractivity contribution in [3.63, 3.8) is 0 Å². The molecule has 1 aromatic heterocycles. The van der Waals surface area contributed by atoms with Crippen molar-refractivity contribution in [3.8, 4) is 6.07 Å². The predicted octanol–water partition coefficient (Wildman–Crippen LogP) is 1.60. The van der Waals surface area contributed by atoms with E-state index in [1.165, 1.54) is 0 Å². The van der Waals surface area contributed by atoms with E-state index in [9.17, 15) is 5.11 Å². The first kappa shape index (κ1) is 13.3. The number of hydrogen-bond acceptors (Lipinski definition) is 5. The zero-order valence-electron chi connectivity index (χ0n) is 11.6. The van der Waals surface area contributed by atoms with Crippen molar-refractivity contribution in [1.82, 2.24) is 4.98 Å². The maximum Gasteiger partial charge on any atom is 0.142 e. The molecule has 2 N–H and O–H groups in total. The lowest BCUT2D eigenvalue weighted by Gasteiger charge is -2.56. The van der Waals surface area contributed by atoms with Crippen LogP contribution >= 0.6 is 0 Å². The van der Waals surface area contributed by atoms with E-state index in [4.69, 9.17) is 10.00 Å². The molecule has 1 saturated carbocycles. The normalized spacial score (nSPS) is 27.6. The highest BCUT2D eigenvalue weighted by atomic mass is 16.5. The Labute approximate surface area is 118 Å². The summed E-state index contributed by atoms with van der Waals surface area (Å²) in [6.45, 7) is 3.31. The molecule has 1 spiro atoms. The molecule has 5 nitrogen and oxygen atoms in total. The largest absolute Gasteiger partial charge is 0.392 e. The van der Waals surface area contributed by atoms with Crippen molar-refractivity contribution >= 4 is 5.69 Å². The van der Waals surface area contributed by atoms with E-state index in [1.54, 1.807) is 6.07 Å². The quantitative estimate of drug-likeness (QED) is 0.855. The third kappa shape index (κ3) is 2.15. The Balaban J connectivity index is 1.78. The van der Waals surface area contributed by atoms with Gasteiger partial charge in [-0.15, -0.1) is 0 Å². The molecule has 20 heavy (non-hydrogen) atoms. The minimum Gasteiger partial charge on any atom is -0.392 e. The number of aromatic nitrogens is 1. The molecule has 0 radical (unpaired) electrons. The van der Waals surface area contributed by atoms with Crippen LogP contribution < -0.4 is 5.32 Å². The lowest BCUT2D eigenvalue weighted by atomic mass is 9.58. The summed E-state index contributed by atoms with van der Waals surface area (Å²) in [6, 6.07) is 6.03. The average Bonchev–Trinajstić information content (AvgIpc) is 2.47. The molecular weight excluding hydrogens is 254 g/mol. The molecule has 0 unspecified atom stereocenters. The van der Waals surface area contributed by atoms with Crippen molar-refractivity contribution in [3.05, 3.63) is 23.5 Å². The standard InChI is InChI=1S/C15H19N3O2/c1-10-6-11(7-12(9-16)17-10)18-13-8-14(19)15(13)2-4-20-5-3-15/h6-7,13-14,19H,2-5,8H2,1H3,(H,17,18)/t13-,14-/m1/s1. The van der Waals surface area contributed by atoms with Crippen LogP contribution in [0.4, 0.5) is 5.69 Å². The minimum atomic E-state index is -0.248. The van der Waals surface area contributed by atoms with Crippen LogP contribution in [0.3, 0.4) is 0 Å². The summed E-state index contributed by atoms with van der Waals surface area (Å²) >= 11 is 0. The Morgan fingerprint density at radius 2 is 2.20 bits per heavy atom. The number of anilines is 1. The lowest BCUT2D eigenvalue weighted by molar-refractivity contribution is -0.133. The Morgan fingerprint density at radius 1 is 1.45 bits per heavy atom. The van der Waals surface area contributed by atoms with Crippen molar-refractivity contribution in [2.24, 2.45) is 5.41 Å². The first-order valence-electron chi connectivity index (χ1n) is 7.05. The predicted molar refractivity (Wildman–Crippen MR) is 74.2 cm³/mol. The van der Waals surface area contributed by atoms with E-state index in [0.29, 0.717) is 18.9 Å². The van der Waals surface area contributed by atoms with Gasteiger partial charge in [0.1, 0.15) is 11.8 Å². The Kier molecular flexibility index (Phi) is 3.36. The van der Waals surface area contributed by atoms with E-state index in [-0.39, 0.29) is 17.6 Å². The fourth-order valence-corrected chi connectivity index (χ4v) is 3.41. The average molecular weight is 273 g/mol. The molecule has 2 atom stereocenters. The monoisotopic (exact) mass is 273 g/mol. The zero-order chi connectivity index (χ0) is 14.2. The number of nitrogens with zero attached hydrogens (tertiary/aromatic N) is 2. The summed E-state index contributed by atoms with van der Waals surface area (Å²) in [4.78, 5) is 4.15. The van der Waals surface area contributed by atoms with Gasteiger partial charge in [0.25, 0.3) is 0 Å². The number of ether oxygens (including phenoxy) is 1. The third-order valence-corrected chi connectivity index (χ3v) is 4.65. The molecule has 1 aliphatic heterocycles. The molecule has 2 fully saturated rings. The van der Waals surface area contributed by atoms with E-state index in [0.717, 1.165) is 30.6 Å². The lowest BCUT2D eigenvalue weighted by Crippen LogP contribution is -2.62. The molecule has 1 aromatic rings. The number of nitriles is 1. The number of aryl methyl sites for hydroxylation is 1. The maximum absolute atomic E-state index is 10.2. The maximum atomic E-state index is 10.2. The van der Waals surface area contributed by atoms with Crippen LogP contribution in [0, 0.1) is 23.7 Å². The molecule has 1 aliphatic carbocycles. The van der Waals surface area contributed by atoms with Gasteiger partial charge in [-0.05, 0) is 38.3 Å². The van der Waals surface area contributed by atoms with Gasteiger partial charge in [0.2, 0.25) is 0 Å². The highest BCUT2D eigenvalue weighted by molar-refractivity contribution is 5.49. The van der Waals surface area contributed by atoms with E-state index >= 15 is 0 Å². The summed E-state index contributed by atoms with van der Waals surface area (Å²) in [5.41, 5.74) is 2.10. The SMILES string of the molecule is Cc1cc(N[C@@H]2C[C@@H](O)C23CCOCC3)cc(C#N)n1. The second-order valence-electron chi connectivity index (χ2n) is 5.79. The minimum absolute atomic E-state index is 0.0672. The zero-order valence-corrected chi connectivity index (χ0v) is 11.6. The van der Waals surface area contributed by atoms with Gasteiger partial charge in [-0.2, -0.15) is 5.26 Å². The Morgan fingerprint density at radius 3 is 2.85 bits per heavy atom. The number of rotatable bonds is 2. The van der Waals surface area contributed by atoms with Crippen molar-refractivity contribution in [2.45, 2.75) is 38.3 Å². The molecule has 0 aromatic carbocycles. The van der Waals surface area contributed by atoms with Crippen LogP contribution in [0.5, 0.6) is 0 Å². The van der Waals surface area contributed by atoms with Crippen molar-refractivity contribution in [2.75, 3.05) is 18.5 Å². The third-order valence-electron chi connectivity index (χ3n) is 4.65. The van der Waals surface area contributed by atoms with Crippen LogP contribution in [0.2, 0.25) is 0 Å². The van der Waals surface area contributed by atoms with Crippen LogP contribution in [-0.2, 0) is 4.74 Å². The molecule has 1 saturated heterocycles. The fourth-order valence-electron chi connectivity index (χ4n) is 3.41. The van der Waals surface area contributed by atoms with Crippen LogP contribution in [0.25, 0.3) is 0 Å². The number of nitrogens with one attached hydrogen (secondary N) is 1. The molecular formula is C15H19N3O2. The number of aliphatic hydroxyl groups is 1. The second kappa shape index (κ2) is 5.04. The first-order valence-corrected chi connectivity index (χ1v) is 7.05. The van der Waals surface area contributed by atoms with Gasteiger partial charge in [0.05, 0.1) is 6.10 Å². The molecule has 2 heterocycles. The highest BCUT2D eigenvalue weighted by Crippen LogP contribution is 2.50. The molecule has 5 heteroatoms. The molecule has 3 rings (SSSR count). The van der Waals surface area contributed by atoms with Crippen molar-refractivity contribution < 1.29 is 9.84 Å². The molecule has 0 amide bonds. The molecule has 0 bridgehead atoms. The van der Waals surface area contributed by atoms with Crippen LogP contribution in [0.15, 0.2) is 12.1 Å². The fraction of sp³-hybridized carbons (Fsp3) is 0.600. The van der Waals surface area contributed by atoms with E-state index in [1.807, 2.05) is 13.0 Å². The summed E-state index contributed by atoms with van der Waals surface area (Å²) < 4.78 is 5.41.